The zero-order chi connectivity index (χ0) is 16.5. The third-order valence-corrected chi connectivity index (χ3v) is 3.71. The van der Waals surface area contributed by atoms with Crippen molar-refractivity contribution in [2.24, 2.45) is 4.99 Å². The molecular weight excluding hydrogens is 294 g/mol. The Hall–Kier alpha value is -2.15. The van der Waals surface area contributed by atoms with E-state index in [-0.39, 0.29) is 12.5 Å². The van der Waals surface area contributed by atoms with Crippen LogP contribution in [0, 0.1) is 0 Å². The number of hydrogen-bond donors (Lipinski definition) is 2. The molecule has 1 aliphatic rings. The van der Waals surface area contributed by atoms with E-state index in [0.717, 1.165) is 38.5 Å². The smallest absolute Gasteiger partial charge is 0.243 e. The summed E-state index contributed by atoms with van der Waals surface area (Å²) in [5.74, 6) is 0.629. The predicted molar refractivity (Wildman–Crippen MR) is 90.4 cm³/mol. The SMILES string of the molecule is CCOC1CCN(C(=NC)NCC(=O)Nc2cccnc2)CC1. The molecule has 2 heterocycles. The molecular formula is C16H25N5O2. The number of anilines is 1. The van der Waals surface area contributed by atoms with Crippen molar-refractivity contribution in [1.82, 2.24) is 15.2 Å². The van der Waals surface area contributed by atoms with Gasteiger partial charge in [-0.3, -0.25) is 14.8 Å². The molecule has 7 heteroatoms. The number of rotatable bonds is 5. The van der Waals surface area contributed by atoms with Gasteiger partial charge in [0.1, 0.15) is 0 Å². The minimum atomic E-state index is -0.122. The van der Waals surface area contributed by atoms with Gasteiger partial charge in [0.15, 0.2) is 5.96 Å². The lowest BCUT2D eigenvalue weighted by atomic mass is 10.1. The van der Waals surface area contributed by atoms with Crippen LogP contribution in [-0.2, 0) is 9.53 Å². The molecule has 1 amide bonds. The predicted octanol–water partition coefficient (Wildman–Crippen LogP) is 1.10. The van der Waals surface area contributed by atoms with Gasteiger partial charge in [-0.25, -0.2) is 0 Å². The van der Waals surface area contributed by atoms with Crippen LogP contribution >= 0.6 is 0 Å². The molecule has 0 bridgehead atoms. The highest BCUT2D eigenvalue weighted by Crippen LogP contribution is 2.13. The number of hydrogen-bond acceptors (Lipinski definition) is 4. The fraction of sp³-hybridized carbons (Fsp3) is 0.562. The molecule has 0 radical (unpaired) electrons. The normalized spacial score (nSPS) is 16.3. The van der Waals surface area contributed by atoms with E-state index >= 15 is 0 Å². The number of likely N-dealkylation sites (tertiary alicyclic amines) is 1. The molecule has 0 aliphatic carbocycles. The summed E-state index contributed by atoms with van der Waals surface area (Å²) in [6.45, 7) is 4.72. The maximum absolute atomic E-state index is 12.0. The second kappa shape index (κ2) is 9.09. The van der Waals surface area contributed by atoms with Gasteiger partial charge in [-0.05, 0) is 31.9 Å². The van der Waals surface area contributed by atoms with Crippen molar-refractivity contribution in [3.63, 3.8) is 0 Å². The topological polar surface area (TPSA) is 78.8 Å². The zero-order valence-corrected chi connectivity index (χ0v) is 13.8. The number of nitrogens with one attached hydrogen (secondary N) is 2. The zero-order valence-electron chi connectivity index (χ0n) is 13.8. The van der Waals surface area contributed by atoms with Crippen LogP contribution < -0.4 is 10.6 Å². The summed E-state index contributed by atoms with van der Waals surface area (Å²) in [7, 11) is 1.73. The number of aromatic nitrogens is 1. The molecule has 1 saturated heterocycles. The summed E-state index contributed by atoms with van der Waals surface area (Å²) in [5.41, 5.74) is 0.687. The van der Waals surface area contributed by atoms with Crippen molar-refractivity contribution in [2.45, 2.75) is 25.9 Å². The molecule has 1 fully saturated rings. The summed E-state index contributed by atoms with van der Waals surface area (Å²) in [4.78, 5) is 22.3. The number of nitrogens with zero attached hydrogens (tertiary/aromatic N) is 3. The van der Waals surface area contributed by atoms with Crippen LogP contribution in [-0.4, -0.2) is 61.1 Å². The van der Waals surface area contributed by atoms with Gasteiger partial charge in [0.05, 0.1) is 24.5 Å². The lowest BCUT2D eigenvalue weighted by Crippen LogP contribution is -2.48. The van der Waals surface area contributed by atoms with E-state index in [4.69, 9.17) is 4.74 Å². The molecule has 0 atom stereocenters. The first kappa shape index (κ1) is 17.2. The van der Waals surface area contributed by atoms with Crippen LogP contribution in [0.15, 0.2) is 29.5 Å². The molecule has 0 unspecified atom stereocenters. The molecule has 0 saturated carbocycles. The van der Waals surface area contributed by atoms with Gasteiger partial charge >= 0.3 is 0 Å². The third-order valence-electron chi connectivity index (χ3n) is 3.71. The van der Waals surface area contributed by atoms with E-state index in [1.165, 1.54) is 0 Å². The Morgan fingerprint density at radius 2 is 2.26 bits per heavy atom. The fourth-order valence-corrected chi connectivity index (χ4v) is 2.60. The van der Waals surface area contributed by atoms with Crippen molar-refractivity contribution < 1.29 is 9.53 Å². The number of pyridine rings is 1. The maximum atomic E-state index is 12.0. The van der Waals surface area contributed by atoms with Gasteiger partial charge < -0.3 is 20.3 Å². The first-order valence-electron chi connectivity index (χ1n) is 8.00. The van der Waals surface area contributed by atoms with Crippen molar-refractivity contribution in [1.29, 1.82) is 0 Å². The summed E-state index contributed by atoms with van der Waals surface area (Å²) >= 11 is 0. The van der Waals surface area contributed by atoms with Gasteiger partial charge in [-0.1, -0.05) is 0 Å². The molecule has 1 aromatic rings. The van der Waals surface area contributed by atoms with Crippen molar-refractivity contribution >= 4 is 17.6 Å². The molecule has 2 rings (SSSR count). The van der Waals surface area contributed by atoms with Crippen LogP contribution in [0.4, 0.5) is 5.69 Å². The van der Waals surface area contributed by atoms with Gasteiger partial charge in [0, 0.05) is 32.9 Å². The van der Waals surface area contributed by atoms with Crippen molar-refractivity contribution in [3.05, 3.63) is 24.5 Å². The monoisotopic (exact) mass is 319 g/mol. The highest BCUT2D eigenvalue weighted by atomic mass is 16.5. The molecule has 126 valence electrons. The number of carbonyl (C=O) groups excluding carboxylic acids is 1. The molecule has 1 aliphatic heterocycles. The average molecular weight is 319 g/mol. The van der Waals surface area contributed by atoms with Crippen LogP contribution in [0.5, 0.6) is 0 Å². The van der Waals surface area contributed by atoms with E-state index in [1.807, 2.05) is 6.92 Å². The molecule has 0 spiro atoms. The summed E-state index contributed by atoms with van der Waals surface area (Å²) in [6.07, 6.45) is 5.59. The average Bonchev–Trinajstić information content (AvgIpc) is 2.58. The van der Waals surface area contributed by atoms with Gasteiger partial charge in [-0.2, -0.15) is 0 Å². The Balaban J connectivity index is 1.76. The molecule has 1 aromatic heterocycles. The Kier molecular flexibility index (Phi) is 6.80. The number of piperidine rings is 1. The van der Waals surface area contributed by atoms with E-state index in [9.17, 15) is 4.79 Å². The maximum Gasteiger partial charge on any atom is 0.243 e. The molecule has 7 nitrogen and oxygen atoms in total. The summed E-state index contributed by atoms with van der Waals surface area (Å²) < 4.78 is 5.65. The first-order chi connectivity index (χ1) is 11.2. The number of amides is 1. The van der Waals surface area contributed by atoms with E-state index in [2.05, 4.69) is 25.5 Å². The largest absolute Gasteiger partial charge is 0.378 e. The Labute approximate surface area is 137 Å². The van der Waals surface area contributed by atoms with Crippen molar-refractivity contribution in [3.8, 4) is 0 Å². The standard InChI is InChI=1S/C16H25N5O2/c1-3-23-14-6-9-21(10-7-14)16(17-2)19-12-15(22)20-13-5-4-8-18-11-13/h4-5,8,11,14H,3,6-7,9-10,12H2,1-2H3,(H,17,19)(H,20,22). The van der Waals surface area contributed by atoms with Gasteiger partial charge in [-0.15, -0.1) is 0 Å². The van der Waals surface area contributed by atoms with E-state index < -0.39 is 0 Å². The second-order valence-corrected chi connectivity index (χ2v) is 5.33. The van der Waals surface area contributed by atoms with E-state index in [0.29, 0.717) is 11.8 Å². The first-order valence-corrected chi connectivity index (χ1v) is 8.00. The highest BCUT2D eigenvalue weighted by molar-refractivity contribution is 5.94. The fourth-order valence-electron chi connectivity index (χ4n) is 2.60. The summed E-state index contributed by atoms with van der Waals surface area (Å²) in [6, 6.07) is 3.59. The lowest BCUT2D eigenvalue weighted by Gasteiger charge is -2.33. The Morgan fingerprint density at radius 1 is 1.48 bits per heavy atom. The van der Waals surface area contributed by atoms with Crippen LogP contribution in [0.3, 0.4) is 0 Å². The van der Waals surface area contributed by atoms with Crippen LogP contribution in [0.1, 0.15) is 19.8 Å². The van der Waals surface area contributed by atoms with Gasteiger partial charge in [0.2, 0.25) is 5.91 Å². The van der Waals surface area contributed by atoms with Gasteiger partial charge in [0.25, 0.3) is 0 Å². The molecule has 23 heavy (non-hydrogen) atoms. The number of guanidine groups is 1. The number of ether oxygens (including phenoxy) is 1. The minimum Gasteiger partial charge on any atom is -0.378 e. The number of carbonyl (C=O) groups is 1. The minimum absolute atomic E-state index is 0.122. The molecule has 0 aromatic carbocycles. The number of aliphatic imine (C=N–C) groups is 1. The Morgan fingerprint density at radius 3 is 2.87 bits per heavy atom. The van der Waals surface area contributed by atoms with E-state index in [1.54, 1.807) is 31.6 Å². The molecule has 2 N–H and O–H groups in total. The lowest BCUT2D eigenvalue weighted by molar-refractivity contribution is -0.115. The second-order valence-electron chi connectivity index (χ2n) is 5.33. The highest BCUT2D eigenvalue weighted by Gasteiger charge is 2.21. The third kappa shape index (κ3) is 5.52. The summed E-state index contributed by atoms with van der Waals surface area (Å²) in [5, 5.41) is 5.90. The Bertz CT molecular complexity index is 512. The quantitative estimate of drug-likeness (QED) is 0.627. The van der Waals surface area contributed by atoms with Crippen LogP contribution in [0.25, 0.3) is 0 Å². The van der Waals surface area contributed by atoms with Crippen molar-refractivity contribution in [2.75, 3.05) is 38.6 Å². The van der Waals surface area contributed by atoms with Crippen LogP contribution in [0.2, 0.25) is 0 Å².